The summed E-state index contributed by atoms with van der Waals surface area (Å²) in [7, 11) is -7.47. The molecule has 0 bridgehead atoms. The fraction of sp³-hybridized carbons (Fsp3) is 0.438. The number of para-hydroxylation sites is 1. The van der Waals surface area contributed by atoms with E-state index in [9.17, 15) is 30.0 Å². The maximum Gasteiger partial charge on any atom is 0.416 e. The number of likely N-dealkylation sites (tertiary alicyclic amines) is 1. The van der Waals surface area contributed by atoms with Crippen LogP contribution in [0.4, 0.5) is 18.9 Å². The smallest absolute Gasteiger partial charge is 0.300 e. The molecule has 1 aliphatic heterocycles. The Balaban J connectivity index is 1.30. The van der Waals surface area contributed by atoms with Crippen molar-refractivity contribution in [1.82, 2.24) is 4.90 Å². The summed E-state index contributed by atoms with van der Waals surface area (Å²) in [5, 5.41) is 0. The molecule has 2 aliphatic rings. The number of alkyl halides is 3. The van der Waals surface area contributed by atoms with E-state index in [1.165, 1.54) is 10.6 Å². The Morgan fingerprint density at radius 3 is 1.93 bits per heavy atom. The highest BCUT2D eigenvalue weighted by atomic mass is 79.9. The molecule has 1 aliphatic carbocycles. The van der Waals surface area contributed by atoms with Crippen LogP contribution in [0.3, 0.4) is 0 Å². The largest absolute Gasteiger partial charge is 0.416 e. The first-order chi connectivity index (χ1) is 20.7. The van der Waals surface area contributed by atoms with Crippen molar-refractivity contribution >= 4 is 41.5 Å². The van der Waals surface area contributed by atoms with Crippen LogP contribution in [0.5, 0.6) is 0 Å². The van der Waals surface area contributed by atoms with E-state index in [-0.39, 0.29) is 16.9 Å². The van der Waals surface area contributed by atoms with Gasteiger partial charge in [0, 0.05) is 17.1 Å². The van der Waals surface area contributed by atoms with Gasteiger partial charge in [-0.15, -0.1) is 0 Å². The molecular formula is C32H36BrF3N2O4S2. The summed E-state index contributed by atoms with van der Waals surface area (Å²) in [5.74, 6) is 0.201. The normalized spacial score (nSPS) is 22.5. The first-order valence-corrected chi connectivity index (χ1v) is 18.8. The van der Waals surface area contributed by atoms with Crippen molar-refractivity contribution in [2.75, 3.05) is 30.2 Å². The fourth-order valence-corrected chi connectivity index (χ4v) is 10.1. The molecule has 3 aromatic carbocycles. The lowest BCUT2D eigenvalue weighted by Crippen LogP contribution is -2.49. The van der Waals surface area contributed by atoms with Crippen molar-refractivity contribution in [1.29, 1.82) is 0 Å². The minimum atomic E-state index is -4.55. The lowest BCUT2D eigenvalue weighted by molar-refractivity contribution is -0.137. The van der Waals surface area contributed by atoms with Crippen molar-refractivity contribution < 1.29 is 30.0 Å². The van der Waals surface area contributed by atoms with Gasteiger partial charge in [-0.2, -0.15) is 13.2 Å². The Labute approximate surface area is 266 Å². The van der Waals surface area contributed by atoms with Gasteiger partial charge in [0.15, 0.2) is 9.84 Å². The second kappa shape index (κ2) is 12.8. The van der Waals surface area contributed by atoms with E-state index in [0.717, 1.165) is 54.7 Å². The van der Waals surface area contributed by atoms with E-state index < -0.39 is 36.3 Å². The summed E-state index contributed by atoms with van der Waals surface area (Å²) >= 11 is 3.42. The number of piperidine rings is 1. The van der Waals surface area contributed by atoms with Crippen LogP contribution in [0.15, 0.2) is 88.2 Å². The van der Waals surface area contributed by atoms with E-state index >= 15 is 0 Å². The minimum Gasteiger partial charge on any atom is -0.300 e. The van der Waals surface area contributed by atoms with Crippen LogP contribution >= 0.6 is 15.9 Å². The van der Waals surface area contributed by atoms with Crippen molar-refractivity contribution in [3.05, 3.63) is 94.5 Å². The Morgan fingerprint density at radius 1 is 0.841 bits per heavy atom. The number of halogens is 4. The number of nitrogens with zero attached hydrogens (tertiary/aromatic N) is 2. The Bertz CT molecular complexity index is 1630. The van der Waals surface area contributed by atoms with Gasteiger partial charge in [-0.1, -0.05) is 46.3 Å². The standard InChI is InChI=1S/C32H36BrF3N2O4S2/c1-43(39,40)38(29-5-3-2-4-6-29)23-24-17-21-37(22-18-24)28-15-19-31(20-16-28,25-7-11-27(33)12-8-25)44(41,42)30-13-9-26(10-14-30)32(34,35)36/h2-14,24,28H,15-23H2,1H3. The number of rotatable bonds is 8. The Morgan fingerprint density at radius 2 is 1.41 bits per heavy atom. The molecule has 0 atom stereocenters. The number of anilines is 1. The van der Waals surface area contributed by atoms with E-state index in [4.69, 9.17) is 0 Å². The number of benzene rings is 3. The molecule has 0 radical (unpaired) electrons. The van der Waals surface area contributed by atoms with Crippen LogP contribution in [0.2, 0.25) is 0 Å². The van der Waals surface area contributed by atoms with Crippen LogP contribution in [0.25, 0.3) is 0 Å². The molecule has 1 heterocycles. The molecule has 3 aromatic rings. The van der Waals surface area contributed by atoms with Crippen molar-refractivity contribution in [2.45, 2.75) is 60.4 Å². The van der Waals surface area contributed by atoms with Crippen LogP contribution in [0.1, 0.15) is 49.7 Å². The maximum absolute atomic E-state index is 14.2. The third-order valence-corrected chi connectivity index (χ3v) is 13.4. The van der Waals surface area contributed by atoms with Gasteiger partial charge in [-0.05, 0) is 112 Å². The molecule has 0 spiro atoms. The average molecular weight is 714 g/mol. The van der Waals surface area contributed by atoms with E-state index in [1.54, 1.807) is 36.4 Å². The highest BCUT2D eigenvalue weighted by Crippen LogP contribution is 2.48. The van der Waals surface area contributed by atoms with Crippen LogP contribution in [-0.2, 0) is 30.8 Å². The molecule has 0 N–H and O–H groups in total. The molecule has 0 amide bonds. The van der Waals surface area contributed by atoms with Crippen molar-refractivity contribution in [3.8, 4) is 0 Å². The van der Waals surface area contributed by atoms with Gasteiger partial charge in [-0.25, -0.2) is 16.8 Å². The topological polar surface area (TPSA) is 74.8 Å². The van der Waals surface area contributed by atoms with Gasteiger partial charge in [0.2, 0.25) is 10.0 Å². The summed E-state index contributed by atoms with van der Waals surface area (Å²) in [4.78, 5) is 2.28. The molecule has 44 heavy (non-hydrogen) atoms. The third kappa shape index (κ3) is 6.88. The molecular weight excluding hydrogens is 677 g/mol. The third-order valence-electron chi connectivity index (χ3n) is 9.17. The first kappa shape index (κ1) is 33.0. The van der Waals surface area contributed by atoms with Crippen molar-refractivity contribution in [2.24, 2.45) is 5.92 Å². The van der Waals surface area contributed by atoms with Gasteiger partial charge < -0.3 is 4.90 Å². The summed E-state index contributed by atoms with van der Waals surface area (Å²) in [6.45, 7) is 2.00. The SMILES string of the molecule is CS(=O)(=O)N(CC1CCN(C2CCC(c3ccc(Br)cc3)(S(=O)(=O)c3ccc(C(F)(F)F)cc3)CC2)CC1)c1ccccc1. The molecule has 0 aromatic heterocycles. The number of hydrogen-bond acceptors (Lipinski definition) is 5. The monoisotopic (exact) mass is 712 g/mol. The quantitative estimate of drug-likeness (QED) is 0.246. The molecule has 2 fully saturated rings. The van der Waals surface area contributed by atoms with E-state index in [1.807, 2.05) is 18.2 Å². The lowest BCUT2D eigenvalue weighted by Gasteiger charge is -2.45. The molecule has 6 nitrogen and oxygen atoms in total. The first-order valence-electron chi connectivity index (χ1n) is 14.7. The summed E-state index contributed by atoms with van der Waals surface area (Å²) < 4.78 is 94.2. The Hall–Kier alpha value is -2.41. The predicted molar refractivity (Wildman–Crippen MR) is 170 cm³/mol. The van der Waals surface area contributed by atoms with Gasteiger partial charge in [-0.3, -0.25) is 4.31 Å². The molecule has 12 heteroatoms. The number of sulfone groups is 1. The highest BCUT2D eigenvalue weighted by molar-refractivity contribution is 9.10. The number of hydrogen-bond donors (Lipinski definition) is 0. The highest BCUT2D eigenvalue weighted by Gasteiger charge is 2.49. The molecule has 5 rings (SSSR count). The predicted octanol–water partition coefficient (Wildman–Crippen LogP) is 7.26. The average Bonchev–Trinajstić information content (AvgIpc) is 3.00. The molecule has 238 valence electrons. The molecule has 1 saturated heterocycles. The second-order valence-corrected chi connectivity index (χ2v) is 16.9. The minimum absolute atomic E-state index is 0.110. The fourth-order valence-electron chi connectivity index (χ4n) is 6.71. The van der Waals surface area contributed by atoms with Crippen LogP contribution in [-0.4, -0.2) is 53.7 Å². The zero-order chi connectivity index (χ0) is 31.8. The molecule has 0 unspecified atom stereocenters. The maximum atomic E-state index is 14.2. The van der Waals surface area contributed by atoms with Crippen LogP contribution < -0.4 is 4.31 Å². The second-order valence-electron chi connectivity index (χ2n) is 11.9. The van der Waals surface area contributed by atoms with Gasteiger partial charge >= 0.3 is 6.18 Å². The van der Waals surface area contributed by atoms with Gasteiger partial charge in [0.05, 0.1) is 22.4 Å². The summed E-state index contributed by atoms with van der Waals surface area (Å²) in [5.41, 5.74) is 0.410. The molecule has 1 saturated carbocycles. The zero-order valence-electron chi connectivity index (χ0n) is 24.4. The summed E-state index contributed by atoms with van der Waals surface area (Å²) in [6.07, 6.45) is 0.278. The van der Waals surface area contributed by atoms with E-state index in [2.05, 4.69) is 20.8 Å². The zero-order valence-corrected chi connectivity index (χ0v) is 27.6. The van der Waals surface area contributed by atoms with Gasteiger partial charge in [0.1, 0.15) is 4.75 Å². The lowest BCUT2D eigenvalue weighted by atomic mass is 9.79. The van der Waals surface area contributed by atoms with Crippen LogP contribution in [0, 0.1) is 5.92 Å². The van der Waals surface area contributed by atoms with E-state index in [0.29, 0.717) is 43.5 Å². The van der Waals surface area contributed by atoms with Crippen molar-refractivity contribution in [3.63, 3.8) is 0 Å². The van der Waals surface area contributed by atoms with Gasteiger partial charge in [0.25, 0.3) is 0 Å². The summed E-state index contributed by atoms with van der Waals surface area (Å²) in [6, 6.07) is 20.3. The Kier molecular flexibility index (Phi) is 9.57. The number of sulfonamides is 1.